The Balaban J connectivity index is 2.19. The maximum atomic E-state index is 11.4. The van der Waals surface area contributed by atoms with Crippen LogP contribution < -0.4 is 5.32 Å². The number of fused-ring (bicyclic) bond motifs is 1. The molecule has 1 aliphatic rings. The van der Waals surface area contributed by atoms with E-state index in [1.54, 1.807) is 12.1 Å². The van der Waals surface area contributed by atoms with E-state index in [0.717, 1.165) is 28.2 Å². The van der Waals surface area contributed by atoms with E-state index in [2.05, 4.69) is 10.3 Å². The van der Waals surface area contributed by atoms with E-state index >= 15 is 0 Å². The van der Waals surface area contributed by atoms with Crippen molar-refractivity contribution in [2.75, 3.05) is 11.9 Å². The van der Waals surface area contributed by atoms with Crippen LogP contribution in [0.25, 0.3) is 0 Å². The van der Waals surface area contributed by atoms with Gasteiger partial charge >= 0.3 is 0 Å². The van der Waals surface area contributed by atoms with Gasteiger partial charge in [0.25, 0.3) is 0 Å². The minimum Gasteiger partial charge on any atom is -0.357 e. The van der Waals surface area contributed by atoms with Crippen LogP contribution in [0.1, 0.15) is 18.1 Å². The number of benzene rings is 2. The Morgan fingerprint density at radius 2 is 1.96 bits per heavy atom. The summed E-state index contributed by atoms with van der Waals surface area (Å²) >= 11 is 12.5. The fraction of sp³-hybridized carbons (Fsp3) is 0.111. The van der Waals surface area contributed by atoms with Crippen LogP contribution in [0.5, 0.6) is 0 Å². The Morgan fingerprint density at radius 3 is 2.70 bits per heavy atom. The van der Waals surface area contributed by atoms with Gasteiger partial charge in [0.1, 0.15) is 0 Å². The molecule has 5 heteroatoms. The first-order valence-corrected chi connectivity index (χ1v) is 7.87. The number of rotatable bonds is 2. The first-order valence-electron chi connectivity index (χ1n) is 7.12. The summed E-state index contributed by atoms with van der Waals surface area (Å²) in [5.74, 6) is -0.0283. The lowest BCUT2D eigenvalue weighted by molar-refractivity contribution is -0.112. The lowest BCUT2D eigenvalue weighted by atomic mass is 10.0. The highest BCUT2D eigenvalue weighted by Gasteiger charge is 2.18. The summed E-state index contributed by atoms with van der Waals surface area (Å²) in [6, 6.07) is 13.1. The monoisotopic (exact) mass is 344 g/mol. The van der Waals surface area contributed by atoms with Gasteiger partial charge in [-0.15, -0.1) is 0 Å². The number of allylic oxidation sites excluding steroid dienone is 1. The molecule has 1 heterocycles. The molecule has 0 spiro atoms. The van der Waals surface area contributed by atoms with Gasteiger partial charge in [-0.2, -0.15) is 0 Å². The van der Waals surface area contributed by atoms with Crippen molar-refractivity contribution in [2.24, 2.45) is 4.99 Å². The molecule has 116 valence electrons. The van der Waals surface area contributed by atoms with Crippen LogP contribution in [0.4, 0.5) is 5.69 Å². The summed E-state index contributed by atoms with van der Waals surface area (Å²) in [5, 5.41) is 4.50. The van der Waals surface area contributed by atoms with E-state index in [1.165, 1.54) is 6.92 Å². The highest BCUT2D eigenvalue weighted by Crippen LogP contribution is 2.30. The molecule has 2 aromatic carbocycles. The molecule has 0 atom stereocenters. The van der Waals surface area contributed by atoms with Gasteiger partial charge in [-0.3, -0.25) is 9.79 Å². The van der Waals surface area contributed by atoms with Crippen molar-refractivity contribution in [1.82, 2.24) is 0 Å². The standard InChI is InChI=1S/C18H14Cl2N2O/c1-11(23)8-13-10-21-18(14-4-2-3-5-16(14)20)15-9-12(19)6-7-17(15)22-13/h2-9,22H,10H2,1H3/b13-8-. The van der Waals surface area contributed by atoms with E-state index in [-0.39, 0.29) is 5.78 Å². The molecular weight excluding hydrogens is 331 g/mol. The minimum absolute atomic E-state index is 0.0283. The third kappa shape index (κ3) is 3.46. The number of carbonyl (C=O) groups excluding carboxylic acids is 1. The van der Waals surface area contributed by atoms with Crippen molar-refractivity contribution >= 4 is 40.4 Å². The Labute approximate surface area is 144 Å². The molecule has 0 unspecified atom stereocenters. The van der Waals surface area contributed by atoms with Gasteiger partial charge < -0.3 is 5.32 Å². The maximum absolute atomic E-state index is 11.4. The quantitative estimate of drug-likeness (QED) is 0.800. The molecule has 0 amide bonds. The Hall–Kier alpha value is -2.10. The van der Waals surface area contributed by atoms with Crippen molar-refractivity contribution in [3.05, 3.63) is 75.4 Å². The largest absolute Gasteiger partial charge is 0.357 e. The number of nitrogens with one attached hydrogen (secondary N) is 1. The van der Waals surface area contributed by atoms with Crippen molar-refractivity contribution in [2.45, 2.75) is 6.92 Å². The van der Waals surface area contributed by atoms with Crippen LogP contribution in [-0.2, 0) is 4.79 Å². The smallest absolute Gasteiger partial charge is 0.154 e. The molecule has 0 aliphatic carbocycles. The highest BCUT2D eigenvalue weighted by molar-refractivity contribution is 6.36. The molecule has 3 rings (SSSR count). The summed E-state index contributed by atoms with van der Waals surface area (Å²) in [7, 11) is 0. The summed E-state index contributed by atoms with van der Waals surface area (Å²) < 4.78 is 0. The first kappa shape index (κ1) is 15.8. The second-order valence-electron chi connectivity index (χ2n) is 5.24. The van der Waals surface area contributed by atoms with Crippen LogP contribution in [0.15, 0.2) is 59.2 Å². The molecule has 0 fully saturated rings. The molecule has 0 bridgehead atoms. The van der Waals surface area contributed by atoms with E-state index in [9.17, 15) is 4.79 Å². The normalized spacial score (nSPS) is 15.4. The molecular formula is C18H14Cl2N2O. The molecule has 0 aromatic heterocycles. The average Bonchev–Trinajstić information content (AvgIpc) is 2.66. The van der Waals surface area contributed by atoms with Crippen LogP contribution in [0, 0.1) is 0 Å². The second-order valence-corrected chi connectivity index (χ2v) is 6.08. The number of hydrogen-bond acceptors (Lipinski definition) is 3. The number of ketones is 1. The van der Waals surface area contributed by atoms with E-state index < -0.39 is 0 Å². The molecule has 0 radical (unpaired) electrons. The molecule has 1 N–H and O–H groups in total. The molecule has 3 nitrogen and oxygen atoms in total. The molecule has 23 heavy (non-hydrogen) atoms. The van der Waals surface area contributed by atoms with Gasteiger partial charge in [-0.05, 0) is 31.2 Å². The fourth-order valence-corrected chi connectivity index (χ4v) is 2.89. The lowest BCUT2D eigenvalue weighted by Crippen LogP contribution is -2.06. The molecule has 1 aliphatic heterocycles. The Bertz CT molecular complexity index is 841. The van der Waals surface area contributed by atoms with Crippen molar-refractivity contribution in [1.29, 1.82) is 0 Å². The summed E-state index contributed by atoms with van der Waals surface area (Å²) in [6.07, 6.45) is 1.55. The third-order valence-corrected chi connectivity index (χ3v) is 4.01. The average molecular weight is 345 g/mol. The van der Waals surface area contributed by atoms with Crippen LogP contribution in [0.2, 0.25) is 10.0 Å². The van der Waals surface area contributed by atoms with Gasteiger partial charge in [0, 0.05) is 38.6 Å². The summed E-state index contributed by atoms with van der Waals surface area (Å²) in [6.45, 7) is 1.88. The number of hydrogen-bond donors (Lipinski definition) is 1. The van der Waals surface area contributed by atoms with Gasteiger partial charge in [0.15, 0.2) is 5.78 Å². The van der Waals surface area contributed by atoms with E-state index in [1.807, 2.05) is 36.4 Å². The van der Waals surface area contributed by atoms with E-state index in [0.29, 0.717) is 16.6 Å². The predicted molar refractivity (Wildman–Crippen MR) is 95.8 cm³/mol. The maximum Gasteiger partial charge on any atom is 0.154 e. The lowest BCUT2D eigenvalue weighted by Gasteiger charge is -2.12. The second kappa shape index (κ2) is 6.57. The zero-order valence-electron chi connectivity index (χ0n) is 12.4. The van der Waals surface area contributed by atoms with E-state index in [4.69, 9.17) is 23.2 Å². The zero-order valence-corrected chi connectivity index (χ0v) is 13.9. The van der Waals surface area contributed by atoms with Crippen LogP contribution >= 0.6 is 23.2 Å². The molecule has 0 saturated heterocycles. The molecule has 0 saturated carbocycles. The molecule has 2 aromatic rings. The van der Waals surface area contributed by atoms with Crippen molar-refractivity contribution in [3.8, 4) is 0 Å². The Kier molecular flexibility index (Phi) is 4.51. The number of nitrogens with zero attached hydrogens (tertiary/aromatic N) is 1. The number of anilines is 1. The number of carbonyl (C=O) groups is 1. The zero-order chi connectivity index (χ0) is 16.4. The predicted octanol–water partition coefficient (Wildman–Crippen LogP) is 4.73. The summed E-state index contributed by atoms with van der Waals surface area (Å²) in [5.41, 5.74) is 4.04. The minimum atomic E-state index is -0.0283. The van der Waals surface area contributed by atoms with Gasteiger partial charge in [0.05, 0.1) is 12.3 Å². The summed E-state index contributed by atoms with van der Waals surface area (Å²) in [4.78, 5) is 16.1. The van der Waals surface area contributed by atoms with Crippen molar-refractivity contribution in [3.63, 3.8) is 0 Å². The highest BCUT2D eigenvalue weighted by atomic mass is 35.5. The third-order valence-electron chi connectivity index (χ3n) is 3.45. The number of benzodiazepines with no additional fused rings is 1. The topological polar surface area (TPSA) is 41.5 Å². The van der Waals surface area contributed by atoms with Crippen LogP contribution in [0.3, 0.4) is 0 Å². The van der Waals surface area contributed by atoms with Gasteiger partial charge in [0.2, 0.25) is 0 Å². The number of aliphatic imine (C=N–C) groups is 1. The van der Waals surface area contributed by atoms with Crippen molar-refractivity contribution < 1.29 is 4.79 Å². The first-order chi connectivity index (χ1) is 11.0. The SMILES string of the molecule is CC(=O)/C=C1/CN=C(c2ccccc2Cl)c2cc(Cl)ccc2N1. The number of halogens is 2. The van der Waals surface area contributed by atoms with Gasteiger partial charge in [-0.25, -0.2) is 0 Å². The fourth-order valence-electron chi connectivity index (χ4n) is 2.49. The van der Waals surface area contributed by atoms with Crippen LogP contribution in [-0.4, -0.2) is 18.0 Å². The van der Waals surface area contributed by atoms with Gasteiger partial charge in [-0.1, -0.05) is 41.4 Å². The Morgan fingerprint density at radius 1 is 1.17 bits per heavy atom.